The highest BCUT2D eigenvalue weighted by Gasteiger charge is 1.98. The van der Waals surface area contributed by atoms with Crippen molar-refractivity contribution in [1.29, 1.82) is 0 Å². The van der Waals surface area contributed by atoms with E-state index in [0.29, 0.717) is 5.88 Å². The molecule has 0 saturated heterocycles. The van der Waals surface area contributed by atoms with Gasteiger partial charge in [0, 0.05) is 11.6 Å². The van der Waals surface area contributed by atoms with Crippen molar-refractivity contribution < 1.29 is 4.39 Å². The molecule has 1 rings (SSSR count). The number of nitrogens with zero attached hydrogens (tertiary/aromatic N) is 1. The molecule has 0 amide bonds. The predicted molar refractivity (Wildman–Crippen MR) is 38.5 cm³/mol. The Labute approximate surface area is 63.8 Å². The highest BCUT2D eigenvalue weighted by atomic mass is 35.5. The van der Waals surface area contributed by atoms with Gasteiger partial charge in [-0.05, 0) is 18.6 Å². The molecule has 1 aromatic rings. The molecule has 0 aromatic carbocycles. The molecule has 1 heterocycles. The van der Waals surface area contributed by atoms with Crippen molar-refractivity contribution in [3.05, 3.63) is 29.3 Å². The number of aromatic nitrogens is 1. The van der Waals surface area contributed by atoms with Gasteiger partial charge in [0.2, 0.25) is 0 Å². The van der Waals surface area contributed by atoms with Crippen molar-refractivity contribution in [2.24, 2.45) is 0 Å². The average Bonchev–Trinajstić information content (AvgIpc) is 1.94. The molecule has 0 atom stereocenters. The molecule has 1 aromatic heterocycles. The summed E-state index contributed by atoms with van der Waals surface area (Å²) in [4.78, 5) is 3.79. The number of alkyl halides is 1. The molecule has 3 heteroatoms. The Morgan fingerprint density at radius 3 is 2.90 bits per heavy atom. The molecule has 0 bridgehead atoms. The molecule has 0 aliphatic heterocycles. The third kappa shape index (κ3) is 1.45. The smallest absolute Gasteiger partial charge is 0.141 e. The monoisotopic (exact) mass is 159 g/mol. The summed E-state index contributed by atoms with van der Waals surface area (Å²) in [5.41, 5.74) is 1.54. The number of aryl methyl sites for hydroxylation is 1. The van der Waals surface area contributed by atoms with Crippen LogP contribution in [0.2, 0.25) is 0 Å². The van der Waals surface area contributed by atoms with Crippen LogP contribution >= 0.6 is 11.6 Å². The summed E-state index contributed by atoms with van der Waals surface area (Å²) in [6.07, 6.45) is 1.19. The minimum absolute atomic E-state index is 0.316. The number of hydrogen-bond donors (Lipinski definition) is 0. The maximum absolute atomic E-state index is 12.4. The summed E-state index contributed by atoms with van der Waals surface area (Å²) in [7, 11) is 0. The van der Waals surface area contributed by atoms with Crippen LogP contribution in [0.5, 0.6) is 0 Å². The first-order chi connectivity index (χ1) is 4.74. The van der Waals surface area contributed by atoms with Gasteiger partial charge in [-0.25, -0.2) is 4.39 Å². The molecule has 10 heavy (non-hydrogen) atoms. The first kappa shape index (κ1) is 7.48. The van der Waals surface area contributed by atoms with Gasteiger partial charge in [-0.15, -0.1) is 11.6 Å². The molecule has 0 N–H and O–H groups in total. The Morgan fingerprint density at radius 2 is 2.40 bits per heavy atom. The van der Waals surface area contributed by atoms with E-state index in [1.54, 1.807) is 6.92 Å². The minimum Gasteiger partial charge on any atom is -0.258 e. The quantitative estimate of drug-likeness (QED) is 0.573. The van der Waals surface area contributed by atoms with E-state index >= 15 is 0 Å². The summed E-state index contributed by atoms with van der Waals surface area (Å²) in [5, 5.41) is 0. The third-order valence-corrected chi connectivity index (χ3v) is 1.59. The Hall–Kier alpha value is -0.630. The van der Waals surface area contributed by atoms with Crippen molar-refractivity contribution >= 4 is 11.6 Å². The van der Waals surface area contributed by atoms with E-state index in [1.165, 1.54) is 12.3 Å². The van der Waals surface area contributed by atoms with Gasteiger partial charge in [0.25, 0.3) is 0 Å². The number of hydrogen-bond acceptors (Lipinski definition) is 1. The maximum atomic E-state index is 12.4. The Morgan fingerprint density at radius 1 is 1.70 bits per heavy atom. The van der Waals surface area contributed by atoms with Gasteiger partial charge in [-0.3, -0.25) is 4.98 Å². The Balaban J connectivity index is 3.09. The van der Waals surface area contributed by atoms with Crippen molar-refractivity contribution in [2.45, 2.75) is 12.8 Å². The van der Waals surface area contributed by atoms with Crippen LogP contribution in [-0.2, 0) is 5.88 Å². The van der Waals surface area contributed by atoms with Crippen LogP contribution in [0.25, 0.3) is 0 Å². The van der Waals surface area contributed by atoms with E-state index in [4.69, 9.17) is 11.6 Å². The molecular weight excluding hydrogens is 153 g/mol. The third-order valence-electron chi connectivity index (χ3n) is 1.30. The van der Waals surface area contributed by atoms with Gasteiger partial charge >= 0.3 is 0 Å². The number of halogens is 2. The second-order valence-corrected chi connectivity index (χ2v) is 2.30. The van der Waals surface area contributed by atoms with Crippen LogP contribution < -0.4 is 0 Å². The van der Waals surface area contributed by atoms with Crippen LogP contribution in [-0.4, -0.2) is 4.98 Å². The molecule has 0 fully saturated rings. The van der Waals surface area contributed by atoms with Gasteiger partial charge < -0.3 is 0 Å². The van der Waals surface area contributed by atoms with Crippen molar-refractivity contribution in [1.82, 2.24) is 4.98 Å². The van der Waals surface area contributed by atoms with E-state index in [-0.39, 0.29) is 5.82 Å². The molecule has 0 unspecified atom stereocenters. The fraction of sp³-hybridized carbons (Fsp3) is 0.286. The van der Waals surface area contributed by atoms with Crippen molar-refractivity contribution in [2.75, 3.05) is 0 Å². The van der Waals surface area contributed by atoms with Crippen LogP contribution in [0.3, 0.4) is 0 Å². The van der Waals surface area contributed by atoms with Gasteiger partial charge in [0.1, 0.15) is 5.82 Å². The Bertz CT molecular complexity index is 237. The Kier molecular flexibility index (Phi) is 2.22. The normalized spacial score (nSPS) is 9.90. The molecule has 0 aliphatic rings. The molecule has 0 aliphatic carbocycles. The minimum atomic E-state index is -0.332. The molecule has 0 spiro atoms. The van der Waals surface area contributed by atoms with Gasteiger partial charge in [-0.2, -0.15) is 0 Å². The molecule has 1 nitrogen and oxygen atoms in total. The van der Waals surface area contributed by atoms with Gasteiger partial charge in [0.05, 0.1) is 6.20 Å². The maximum Gasteiger partial charge on any atom is 0.141 e. The highest BCUT2D eigenvalue weighted by Crippen LogP contribution is 2.08. The summed E-state index contributed by atoms with van der Waals surface area (Å²) in [5.74, 6) is -0.0161. The average molecular weight is 160 g/mol. The first-order valence-electron chi connectivity index (χ1n) is 2.91. The topological polar surface area (TPSA) is 12.9 Å². The summed E-state index contributed by atoms with van der Waals surface area (Å²) in [6.45, 7) is 1.80. The summed E-state index contributed by atoms with van der Waals surface area (Å²) < 4.78 is 12.4. The second-order valence-electron chi connectivity index (χ2n) is 2.03. The lowest BCUT2D eigenvalue weighted by atomic mass is 10.2. The largest absolute Gasteiger partial charge is 0.258 e. The van der Waals surface area contributed by atoms with Crippen molar-refractivity contribution in [3.8, 4) is 0 Å². The fourth-order valence-electron chi connectivity index (χ4n) is 0.685. The molecular formula is C7H7ClFN. The van der Waals surface area contributed by atoms with Crippen molar-refractivity contribution in [3.63, 3.8) is 0 Å². The fourth-order valence-corrected chi connectivity index (χ4v) is 0.955. The van der Waals surface area contributed by atoms with E-state index in [1.807, 2.05) is 0 Å². The zero-order valence-corrected chi connectivity index (χ0v) is 6.32. The standard InChI is InChI=1S/C7H7ClFN/c1-5-6(3-8)2-7(9)4-10-5/h2,4H,3H2,1H3. The van der Waals surface area contributed by atoms with Crippen LogP contribution in [0.1, 0.15) is 11.3 Å². The molecule has 54 valence electrons. The van der Waals surface area contributed by atoms with E-state index in [0.717, 1.165) is 11.3 Å². The second kappa shape index (κ2) is 2.97. The lowest BCUT2D eigenvalue weighted by molar-refractivity contribution is 0.618. The van der Waals surface area contributed by atoms with Crippen LogP contribution in [0.15, 0.2) is 12.3 Å². The highest BCUT2D eigenvalue weighted by molar-refractivity contribution is 6.17. The number of pyridine rings is 1. The SMILES string of the molecule is Cc1ncc(F)cc1CCl. The lowest BCUT2D eigenvalue weighted by Gasteiger charge is -1.98. The zero-order valence-electron chi connectivity index (χ0n) is 5.56. The van der Waals surface area contributed by atoms with Crippen LogP contribution in [0.4, 0.5) is 4.39 Å². The zero-order chi connectivity index (χ0) is 7.56. The van der Waals surface area contributed by atoms with Gasteiger partial charge in [0.15, 0.2) is 0 Å². The van der Waals surface area contributed by atoms with Gasteiger partial charge in [-0.1, -0.05) is 0 Å². The molecule has 0 saturated carbocycles. The van der Waals surface area contributed by atoms with E-state index in [2.05, 4.69) is 4.98 Å². The predicted octanol–water partition coefficient (Wildman–Crippen LogP) is 2.27. The van der Waals surface area contributed by atoms with E-state index in [9.17, 15) is 4.39 Å². The molecule has 0 radical (unpaired) electrons. The summed E-state index contributed by atoms with van der Waals surface area (Å²) in [6, 6.07) is 1.40. The summed E-state index contributed by atoms with van der Waals surface area (Å²) >= 11 is 5.50. The first-order valence-corrected chi connectivity index (χ1v) is 3.44. The van der Waals surface area contributed by atoms with E-state index < -0.39 is 0 Å². The van der Waals surface area contributed by atoms with Crippen LogP contribution in [0, 0.1) is 12.7 Å². The lowest BCUT2D eigenvalue weighted by Crippen LogP contribution is -1.90. The number of rotatable bonds is 1.